The largest absolute Gasteiger partial charge is 0.471 e. The van der Waals surface area contributed by atoms with Crippen molar-refractivity contribution in [2.45, 2.75) is 27.1 Å². The van der Waals surface area contributed by atoms with Gasteiger partial charge in [0.15, 0.2) is 12.4 Å². The number of amides is 1. The lowest BCUT2D eigenvalue weighted by Crippen LogP contribution is -2.14. The normalized spacial score (nSPS) is 10.9. The number of benzene rings is 2. The minimum absolute atomic E-state index is 0.207. The molecule has 0 aliphatic heterocycles. The van der Waals surface area contributed by atoms with E-state index in [4.69, 9.17) is 27.9 Å². The molecular formula is C23H21Cl2N5O2. The molecule has 2 aromatic heterocycles. The number of rotatable bonds is 7. The molecule has 0 unspecified atom stereocenters. The number of hydrogen-bond acceptors (Lipinski definition) is 4. The first kappa shape index (κ1) is 21.9. The Balaban J connectivity index is 1.35. The quantitative estimate of drug-likeness (QED) is 0.396. The lowest BCUT2D eigenvalue weighted by Gasteiger charge is -2.09. The van der Waals surface area contributed by atoms with Crippen LogP contribution in [0.5, 0.6) is 5.75 Å². The molecular weight excluding hydrogens is 449 g/mol. The highest BCUT2D eigenvalue weighted by Gasteiger charge is 2.12. The molecule has 164 valence electrons. The summed E-state index contributed by atoms with van der Waals surface area (Å²) in [5.41, 5.74) is 3.95. The Labute approximate surface area is 195 Å². The van der Waals surface area contributed by atoms with E-state index in [0.29, 0.717) is 22.3 Å². The number of carbonyl (C=O) groups is 1. The average molecular weight is 470 g/mol. The van der Waals surface area contributed by atoms with E-state index in [1.54, 1.807) is 46.2 Å². The van der Waals surface area contributed by atoms with Gasteiger partial charge in [-0.3, -0.25) is 9.48 Å². The van der Waals surface area contributed by atoms with Crippen LogP contribution >= 0.6 is 23.2 Å². The highest BCUT2D eigenvalue weighted by atomic mass is 35.5. The second-order valence-electron chi connectivity index (χ2n) is 7.41. The highest BCUT2D eigenvalue weighted by molar-refractivity contribution is 6.42. The van der Waals surface area contributed by atoms with Gasteiger partial charge in [0.25, 0.3) is 5.91 Å². The lowest BCUT2D eigenvalue weighted by atomic mass is 10.1. The average Bonchev–Trinajstić information content (AvgIpc) is 3.41. The van der Waals surface area contributed by atoms with Gasteiger partial charge in [0.05, 0.1) is 28.5 Å². The molecule has 4 rings (SSSR count). The molecule has 0 aliphatic carbocycles. The van der Waals surface area contributed by atoms with E-state index >= 15 is 0 Å². The van der Waals surface area contributed by atoms with E-state index in [1.807, 2.05) is 38.1 Å². The number of aromatic nitrogens is 4. The first-order chi connectivity index (χ1) is 15.4. The van der Waals surface area contributed by atoms with Crippen LogP contribution < -0.4 is 10.1 Å². The van der Waals surface area contributed by atoms with Crippen molar-refractivity contribution in [1.82, 2.24) is 19.6 Å². The lowest BCUT2D eigenvalue weighted by molar-refractivity contribution is 0.102. The number of anilines is 1. The van der Waals surface area contributed by atoms with Crippen LogP contribution in [0.3, 0.4) is 0 Å². The first-order valence-corrected chi connectivity index (χ1v) is 10.6. The van der Waals surface area contributed by atoms with Crippen LogP contribution in [0.1, 0.15) is 27.2 Å². The second kappa shape index (κ2) is 9.46. The zero-order chi connectivity index (χ0) is 22.7. The summed E-state index contributed by atoms with van der Waals surface area (Å²) in [6.07, 6.45) is 5.02. The van der Waals surface area contributed by atoms with Gasteiger partial charge < -0.3 is 10.1 Å². The monoisotopic (exact) mass is 469 g/mol. The summed E-state index contributed by atoms with van der Waals surface area (Å²) in [7, 11) is 0. The Hall–Kier alpha value is -3.29. The van der Waals surface area contributed by atoms with E-state index in [9.17, 15) is 4.79 Å². The van der Waals surface area contributed by atoms with Crippen LogP contribution in [-0.4, -0.2) is 25.5 Å². The Morgan fingerprint density at radius 2 is 1.91 bits per heavy atom. The van der Waals surface area contributed by atoms with Crippen molar-refractivity contribution >= 4 is 34.8 Å². The fraction of sp³-hybridized carbons (Fsp3) is 0.174. The standard InChI is InChI=1S/C23H21Cl2N5O2/c1-15-3-4-16(2)22(9-15)32-14-29-8-7-21(28-29)23(31)27-18-11-26-30(13-18)12-17-5-6-19(24)20(25)10-17/h3-11,13H,12,14H2,1-2H3,(H,27,31). The summed E-state index contributed by atoms with van der Waals surface area (Å²) in [4.78, 5) is 12.6. The van der Waals surface area contributed by atoms with Gasteiger partial charge in [-0.15, -0.1) is 0 Å². The molecule has 0 radical (unpaired) electrons. The summed E-state index contributed by atoms with van der Waals surface area (Å²) in [5.74, 6) is 0.463. The minimum Gasteiger partial charge on any atom is -0.471 e. The first-order valence-electron chi connectivity index (χ1n) is 9.88. The van der Waals surface area contributed by atoms with Crippen LogP contribution in [0.25, 0.3) is 0 Å². The maximum atomic E-state index is 12.6. The van der Waals surface area contributed by atoms with Gasteiger partial charge in [-0.1, -0.05) is 41.4 Å². The van der Waals surface area contributed by atoms with Gasteiger partial charge in [-0.05, 0) is 54.8 Å². The van der Waals surface area contributed by atoms with Crippen LogP contribution in [-0.2, 0) is 13.3 Å². The molecule has 0 saturated heterocycles. The number of hydrogen-bond donors (Lipinski definition) is 1. The number of carbonyl (C=O) groups excluding carboxylic acids is 1. The fourth-order valence-corrected chi connectivity index (χ4v) is 3.41. The summed E-state index contributed by atoms with van der Waals surface area (Å²) < 4.78 is 9.10. The molecule has 32 heavy (non-hydrogen) atoms. The molecule has 1 N–H and O–H groups in total. The van der Waals surface area contributed by atoms with Crippen molar-refractivity contribution in [2.75, 3.05) is 5.32 Å². The Kier molecular flexibility index (Phi) is 6.48. The maximum Gasteiger partial charge on any atom is 0.276 e. The maximum absolute atomic E-state index is 12.6. The Morgan fingerprint density at radius 3 is 2.72 bits per heavy atom. The highest BCUT2D eigenvalue weighted by Crippen LogP contribution is 2.23. The van der Waals surface area contributed by atoms with Crippen molar-refractivity contribution in [2.24, 2.45) is 0 Å². The molecule has 0 atom stereocenters. The second-order valence-corrected chi connectivity index (χ2v) is 8.23. The predicted molar refractivity (Wildman–Crippen MR) is 125 cm³/mol. The molecule has 0 aliphatic rings. The number of nitrogens with zero attached hydrogens (tertiary/aromatic N) is 4. The van der Waals surface area contributed by atoms with E-state index < -0.39 is 0 Å². The minimum atomic E-state index is -0.329. The molecule has 0 bridgehead atoms. The Morgan fingerprint density at radius 1 is 1.06 bits per heavy atom. The summed E-state index contributed by atoms with van der Waals surface area (Å²) >= 11 is 12.0. The van der Waals surface area contributed by atoms with Crippen LogP contribution in [0.2, 0.25) is 10.0 Å². The van der Waals surface area contributed by atoms with Gasteiger partial charge in [-0.2, -0.15) is 10.2 Å². The predicted octanol–water partition coefficient (Wildman–Crippen LogP) is 5.34. The van der Waals surface area contributed by atoms with Gasteiger partial charge >= 0.3 is 0 Å². The van der Waals surface area contributed by atoms with E-state index in [2.05, 4.69) is 15.5 Å². The zero-order valence-electron chi connectivity index (χ0n) is 17.5. The number of nitrogens with one attached hydrogen (secondary N) is 1. The smallest absolute Gasteiger partial charge is 0.276 e. The summed E-state index contributed by atoms with van der Waals surface area (Å²) in [5, 5.41) is 12.4. The SMILES string of the molecule is Cc1ccc(C)c(OCn2ccc(C(=O)Nc3cnn(Cc4ccc(Cl)c(Cl)c4)c3)n2)c1. The molecule has 4 aromatic rings. The van der Waals surface area contributed by atoms with Crippen LogP contribution in [0.4, 0.5) is 5.69 Å². The number of aryl methyl sites for hydroxylation is 2. The molecule has 2 heterocycles. The third kappa shape index (κ3) is 5.30. The molecule has 7 nitrogen and oxygen atoms in total. The summed E-state index contributed by atoms with van der Waals surface area (Å²) in [6.45, 7) is 4.70. The number of ether oxygens (including phenoxy) is 1. The van der Waals surface area contributed by atoms with Gasteiger partial charge in [-0.25, -0.2) is 4.68 Å². The zero-order valence-corrected chi connectivity index (χ0v) is 19.1. The topological polar surface area (TPSA) is 74.0 Å². The van der Waals surface area contributed by atoms with Crippen LogP contribution in [0, 0.1) is 13.8 Å². The van der Waals surface area contributed by atoms with Crippen molar-refractivity contribution in [3.05, 3.63) is 93.5 Å². The molecule has 0 spiro atoms. The van der Waals surface area contributed by atoms with Gasteiger partial charge in [0.2, 0.25) is 0 Å². The third-order valence-electron chi connectivity index (χ3n) is 4.79. The third-order valence-corrected chi connectivity index (χ3v) is 5.53. The van der Waals surface area contributed by atoms with Crippen molar-refractivity contribution in [1.29, 1.82) is 0 Å². The van der Waals surface area contributed by atoms with E-state index in [0.717, 1.165) is 22.4 Å². The van der Waals surface area contributed by atoms with E-state index in [1.165, 1.54) is 0 Å². The summed E-state index contributed by atoms with van der Waals surface area (Å²) in [6, 6.07) is 13.1. The van der Waals surface area contributed by atoms with Crippen LogP contribution in [0.15, 0.2) is 61.1 Å². The molecule has 0 fully saturated rings. The van der Waals surface area contributed by atoms with E-state index in [-0.39, 0.29) is 18.3 Å². The molecule has 1 amide bonds. The molecule has 9 heteroatoms. The number of halogens is 2. The van der Waals surface area contributed by atoms with Crippen molar-refractivity contribution in [3.8, 4) is 5.75 Å². The molecule has 2 aromatic carbocycles. The van der Waals surface area contributed by atoms with Gasteiger partial charge in [0, 0.05) is 12.4 Å². The molecule has 0 saturated carbocycles. The van der Waals surface area contributed by atoms with Crippen molar-refractivity contribution < 1.29 is 9.53 Å². The fourth-order valence-electron chi connectivity index (χ4n) is 3.09. The van der Waals surface area contributed by atoms with Crippen molar-refractivity contribution in [3.63, 3.8) is 0 Å². The van der Waals surface area contributed by atoms with Gasteiger partial charge in [0.1, 0.15) is 5.75 Å². The Bertz CT molecular complexity index is 1270.